The summed E-state index contributed by atoms with van der Waals surface area (Å²) in [6, 6.07) is -3.73. The number of rotatable bonds is 13. The molecule has 0 saturated carbocycles. The Hall–Kier alpha value is -2.54. The number of aliphatic imine (C=N–C) groups is 1. The standard InChI is InChI=1S/C20H37N7O5S/c1-3-11(2)15(26-16(28)12(21)10-33)17(29)25-13(6-4-8-24-20(22)23)18(30)27-9-5-7-14(27)19(31)32/h11-15,33H,3-10,21H2,1-2H3,(H,25,29)(H,26,28)(H,31,32)(H4,22,23,24). The van der Waals surface area contributed by atoms with Crippen LogP contribution in [0.3, 0.4) is 0 Å². The monoisotopic (exact) mass is 487 g/mol. The van der Waals surface area contributed by atoms with Gasteiger partial charge in [0.15, 0.2) is 5.96 Å². The first-order chi connectivity index (χ1) is 15.5. The van der Waals surface area contributed by atoms with Gasteiger partial charge < -0.3 is 37.8 Å². The SMILES string of the molecule is CCC(C)C(NC(=O)C(N)CS)C(=O)NC(CCCN=C(N)N)C(=O)N1CCCC1C(=O)O. The highest BCUT2D eigenvalue weighted by atomic mass is 32.1. The molecule has 5 atom stereocenters. The molecular formula is C20H37N7O5S. The van der Waals surface area contributed by atoms with Crippen molar-refractivity contribution in [2.45, 2.75) is 70.1 Å². The first kappa shape index (κ1) is 28.5. The zero-order valence-corrected chi connectivity index (χ0v) is 20.1. The lowest BCUT2D eigenvalue weighted by Crippen LogP contribution is -2.58. The van der Waals surface area contributed by atoms with E-state index in [0.717, 1.165) is 0 Å². The number of carboxylic acids is 1. The normalized spacial score (nSPS) is 19.2. The molecule has 9 N–H and O–H groups in total. The van der Waals surface area contributed by atoms with E-state index >= 15 is 0 Å². The predicted molar refractivity (Wildman–Crippen MR) is 127 cm³/mol. The van der Waals surface area contributed by atoms with E-state index in [1.807, 2.05) is 6.92 Å². The molecule has 0 bridgehead atoms. The van der Waals surface area contributed by atoms with Gasteiger partial charge >= 0.3 is 5.97 Å². The van der Waals surface area contributed by atoms with Crippen molar-refractivity contribution in [2.75, 3.05) is 18.8 Å². The molecule has 0 aromatic rings. The van der Waals surface area contributed by atoms with Crippen molar-refractivity contribution in [2.24, 2.45) is 28.1 Å². The molecule has 188 valence electrons. The Morgan fingerprint density at radius 1 is 1.21 bits per heavy atom. The Kier molecular flexibility index (Phi) is 12.0. The number of aliphatic carboxylic acids is 1. The van der Waals surface area contributed by atoms with E-state index in [0.29, 0.717) is 32.2 Å². The number of carboxylic acid groups (broad SMARTS) is 1. The minimum absolute atomic E-state index is 0.0903. The average molecular weight is 488 g/mol. The summed E-state index contributed by atoms with van der Waals surface area (Å²) < 4.78 is 0. The molecule has 1 aliphatic heterocycles. The average Bonchev–Trinajstić information content (AvgIpc) is 3.27. The minimum Gasteiger partial charge on any atom is -0.480 e. The number of thiol groups is 1. The number of nitrogens with zero attached hydrogens (tertiary/aromatic N) is 2. The fourth-order valence-corrected chi connectivity index (χ4v) is 3.72. The van der Waals surface area contributed by atoms with Gasteiger partial charge in [-0.1, -0.05) is 20.3 Å². The van der Waals surface area contributed by atoms with Crippen molar-refractivity contribution in [1.29, 1.82) is 0 Å². The topological polar surface area (TPSA) is 206 Å². The number of guanidine groups is 1. The van der Waals surface area contributed by atoms with Crippen LogP contribution in [0.2, 0.25) is 0 Å². The second-order valence-corrected chi connectivity index (χ2v) is 8.56. The van der Waals surface area contributed by atoms with E-state index in [9.17, 15) is 24.3 Å². The number of carbonyl (C=O) groups excluding carboxylic acids is 3. The molecule has 1 heterocycles. The largest absolute Gasteiger partial charge is 0.480 e. The molecule has 3 amide bonds. The van der Waals surface area contributed by atoms with Crippen molar-refractivity contribution < 1.29 is 24.3 Å². The first-order valence-electron chi connectivity index (χ1n) is 11.1. The third-order valence-corrected chi connectivity index (χ3v) is 6.10. The zero-order chi connectivity index (χ0) is 25.1. The zero-order valence-electron chi connectivity index (χ0n) is 19.2. The quantitative estimate of drug-likeness (QED) is 0.0694. The molecule has 5 unspecified atom stereocenters. The number of hydrogen-bond acceptors (Lipinski definition) is 7. The maximum Gasteiger partial charge on any atom is 0.326 e. The molecular weight excluding hydrogens is 450 g/mol. The lowest BCUT2D eigenvalue weighted by Gasteiger charge is -2.30. The van der Waals surface area contributed by atoms with Gasteiger partial charge in [-0.3, -0.25) is 19.4 Å². The van der Waals surface area contributed by atoms with Crippen molar-refractivity contribution in [3.05, 3.63) is 0 Å². The Bertz CT molecular complexity index is 732. The van der Waals surface area contributed by atoms with Crippen LogP contribution in [-0.2, 0) is 19.2 Å². The van der Waals surface area contributed by atoms with E-state index < -0.39 is 47.9 Å². The van der Waals surface area contributed by atoms with E-state index in [4.69, 9.17) is 17.2 Å². The van der Waals surface area contributed by atoms with Gasteiger partial charge in [-0.15, -0.1) is 0 Å². The second kappa shape index (κ2) is 13.9. The van der Waals surface area contributed by atoms with Crippen molar-refractivity contribution in [1.82, 2.24) is 15.5 Å². The number of amides is 3. The van der Waals surface area contributed by atoms with E-state index in [1.54, 1.807) is 6.92 Å². The molecule has 1 rings (SSSR count). The molecule has 0 aromatic carbocycles. The highest BCUT2D eigenvalue weighted by Gasteiger charge is 2.38. The lowest BCUT2D eigenvalue weighted by atomic mass is 9.97. The number of hydrogen-bond donors (Lipinski definition) is 7. The summed E-state index contributed by atoms with van der Waals surface area (Å²) in [5.74, 6) is -2.86. The van der Waals surface area contributed by atoms with Crippen LogP contribution in [0, 0.1) is 5.92 Å². The third kappa shape index (κ3) is 8.72. The molecule has 0 radical (unpaired) electrons. The van der Waals surface area contributed by atoms with Gasteiger partial charge in [-0.05, 0) is 31.6 Å². The van der Waals surface area contributed by atoms with Gasteiger partial charge in [0.1, 0.15) is 18.1 Å². The Morgan fingerprint density at radius 3 is 2.42 bits per heavy atom. The lowest BCUT2D eigenvalue weighted by molar-refractivity contribution is -0.149. The number of carbonyl (C=O) groups is 4. The Balaban J connectivity index is 3.05. The highest BCUT2D eigenvalue weighted by Crippen LogP contribution is 2.20. The molecule has 33 heavy (non-hydrogen) atoms. The van der Waals surface area contributed by atoms with Crippen LogP contribution < -0.4 is 27.8 Å². The van der Waals surface area contributed by atoms with Crippen LogP contribution in [-0.4, -0.2) is 82.7 Å². The maximum atomic E-state index is 13.2. The van der Waals surface area contributed by atoms with Gasteiger partial charge in [0.05, 0.1) is 6.04 Å². The van der Waals surface area contributed by atoms with Crippen molar-refractivity contribution >= 4 is 42.3 Å². The summed E-state index contributed by atoms with van der Waals surface area (Å²) >= 11 is 4.01. The van der Waals surface area contributed by atoms with Gasteiger partial charge in [-0.25, -0.2) is 4.79 Å². The van der Waals surface area contributed by atoms with Crippen LogP contribution in [0.25, 0.3) is 0 Å². The number of nitrogens with two attached hydrogens (primary N) is 3. The van der Waals surface area contributed by atoms with Gasteiger partial charge in [0, 0.05) is 18.8 Å². The molecule has 0 aromatic heterocycles. The first-order valence-corrected chi connectivity index (χ1v) is 11.7. The highest BCUT2D eigenvalue weighted by molar-refractivity contribution is 7.80. The summed E-state index contributed by atoms with van der Waals surface area (Å²) in [7, 11) is 0. The summed E-state index contributed by atoms with van der Waals surface area (Å²) in [4.78, 5) is 55.3. The summed E-state index contributed by atoms with van der Waals surface area (Å²) in [5, 5.41) is 14.8. The van der Waals surface area contributed by atoms with Crippen LogP contribution >= 0.6 is 12.6 Å². The van der Waals surface area contributed by atoms with E-state index in [1.165, 1.54) is 4.90 Å². The molecule has 1 saturated heterocycles. The summed E-state index contributed by atoms with van der Waals surface area (Å²) in [6.07, 6.45) is 2.07. The fourth-order valence-electron chi connectivity index (χ4n) is 3.55. The Labute approximate surface area is 199 Å². The third-order valence-electron chi connectivity index (χ3n) is 5.71. The van der Waals surface area contributed by atoms with Gasteiger partial charge in [-0.2, -0.15) is 12.6 Å². The molecule has 13 heteroatoms. The predicted octanol–water partition coefficient (Wildman–Crippen LogP) is -1.61. The maximum absolute atomic E-state index is 13.2. The van der Waals surface area contributed by atoms with Gasteiger partial charge in [0.2, 0.25) is 17.7 Å². The number of nitrogens with one attached hydrogen (secondary N) is 2. The molecule has 0 spiro atoms. The van der Waals surface area contributed by atoms with Crippen LogP contribution in [0.5, 0.6) is 0 Å². The van der Waals surface area contributed by atoms with Crippen LogP contribution in [0.1, 0.15) is 46.0 Å². The van der Waals surface area contributed by atoms with E-state index in [2.05, 4.69) is 28.3 Å². The van der Waals surface area contributed by atoms with Crippen LogP contribution in [0.4, 0.5) is 0 Å². The summed E-state index contributed by atoms with van der Waals surface area (Å²) in [6.45, 7) is 4.20. The van der Waals surface area contributed by atoms with Crippen molar-refractivity contribution in [3.8, 4) is 0 Å². The fraction of sp³-hybridized carbons (Fsp3) is 0.750. The van der Waals surface area contributed by atoms with E-state index in [-0.39, 0.29) is 30.6 Å². The molecule has 1 aliphatic rings. The molecule has 0 aliphatic carbocycles. The summed E-state index contributed by atoms with van der Waals surface area (Å²) in [5.41, 5.74) is 16.4. The smallest absolute Gasteiger partial charge is 0.326 e. The van der Waals surface area contributed by atoms with Gasteiger partial charge in [0.25, 0.3) is 0 Å². The number of likely N-dealkylation sites (tertiary alicyclic amines) is 1. The van der Waals surface area contributed by atoms with Crippen molar-refractivity contribution in [3.63, 3.8) is 0 Å². The minimum atomic E-state index is -1.09. The van der Waals surface area contributed by atoms with Crippen LogP contribution in [0.15, 0.2) is 4.99 Å². The molecule has 12 nitrogen and oxygen atoms in total. The second-order valence-electron chi connectivity index (χ2n) is 8.20. The Morgan fingerprint density at radius 2 is 1.88 bits per heavy atom. The molecule has 1 fully saturated rings.